The molecule has 0 radical (unpaired) electrons. The van der Waals surface area contributed by atoms with E-state index in [2.05, 4.69) is 5.32 Å². The molecule has 1 amide bonds. The van der Waals surface area contributed by atoms with E-state index in [1.807, 2.05) is 0 Å². The number of carbonyl (C=O) groups excluding carboxylic acids is 1. The SMILES string of the molecule is O=CNCCc1ccc(F)c([N+](=O)[O-])c1. The number of hydrogen-bond donors (Lipinski definition) is 1. The molecule has 0 bridgehead atoms. The van der Waals surface area contributed by atoms with Crippen molar-refractivity contribution in [3.63, 3.8) is 0 Å². The van der Waals surface area contributed by atoms with Crippen LogP contribution < -0.4 is 5.32 Å². The quantitative estimate of drug-likeness (QED) is 0.343. The molecule has 1 aromatic rings. The maximum absolute atomic E-state index is 12.9. The lowest BCUT2D eigenvalue weighted by atomic mass is 10.1. The number of carbonyl (C=O) groups is 1. The highest BCUT2D eigenvalue weighted by atomic mass is 19.1. The number of nitro benzene ring substituents is 1. The number of nitro groups is 1. The van der Waals surface area contributed by atoms with Gasteiger partial charge in [0.2, 0.25) is 12.2 Å². The van der Waals surface area contributed by atoms with Crippen LogP contribution >= 0.6 is 0 Å². The number of nitrogens with zero attached hydrogens (tertiary/aromatic N) is 1. The third kappa shape index (κ3) is 3.01. The van der Waals surface area contributed by atoms with Crippen molar-refractivity contribution in [2.75, 3.05) is 6.54 Å². The van der Waals surface area contributed by atoms with Crippen molar-refractivity contribution in [3.05, 3.63) is 39.7 Å². The number of amides is 1. The van der Waals surface area contributed by atoms with Crippen LogP contribution in [0, 0.1) is 15.9 Å². The topological polar surface area (TPSA) is 72.2 Å². The maximum Gasteiger partial charge on any atom is 0.305 e. The molecule has 0 aliphatic rings. The van der Waals surface area contributed by atoms with Crippen LogP contribution in [-0.2, 0) is 11.2 Å². The molecule has 80 valence electrons. The minimum Gasteiger partial charge on any atom is -0.358 e. The van der Waals surface area contributed by atoms with Gasteiger partial charge >= 0.3 is 5.69 Å². The highest BCUT2D eigenvalue weighted by Gasteiger charge is 2.13. The molecule has 15 heavy (non-hydrogen) atoms. The van der Waals surface area contributed by atoms with E-state index in [0.29, 0.717) is 24.9 Å². The Kier molecular flexibility index (Phi) is 3.73. The zero-order valence-electron chi connectivity index (χ0n) is 7.77. The number of nitrogens with one attached hydrogen (secondary N) is 1. The first-order valence-electron chi connectivity index (χ1n) is 4.25. The summed E-state index contributed by atoms with van der Waals surface area (Å²) in [7, 11) is 0. The van der Waals surface area contributed by atoms with Gasteiger partial charge < -0.3 is 5.32 Å². The van der Waals surface area contributed by atoms with Crippen molar-refractivity contribution in [2.45, 2.75) is 6.42 Å². The summed E-state index contributed by atoms with van der Waals surface area (Å²) in [5.74, 6) is -0.855. The number of halogens is 1. The van der Waals surface area contributed by atoms with Crippen LogP contribution in [0.1, 0.15) is 5.56 Å². The smallest absolute Gasteiger partial charge is 0.305 e. The van der Waals surface area contributed by atoms with Crippen molar-refractivity contribution < 1.29 is 14.1 Å². The molecule has 5 nitrogen and oxygen atoms in total. The van der Waals surface area contributed by atoms with E-state index in [-0.39, 0.29) is 0 Å². The minimum absolute atomic E-state index is 0.367. The summed E-state index contributed by atoms with van der Waals surface area (Å²) in [6.07, 6.45) is 0.970. The first-order chi connectivity index (χ1) is 7.15. The van der Waals surface area contributed by atoms with Crippen molar-refractivity contribution in [1.29, 1.82) is 0 Å². The zero-order valence-corrected chi connectivity index (χ0v) is 7.77. The van der Waals surface area contributed by atoms with Gasteiger partial charge in [0.05, 0.1) is 4.92 Å². The summed E-state index contributed by atoms with van der Waals surface area (Å²) in [5.41, 5.74) is 0.0658. The molecule has 0 aromatic heterocycles. The Morgan fingerprint density at radius 3 is 2.87 bits per heavy atom. The van der Waals surface area contributed by atoms with E-state index < -0.39 is 16.4 Å². The average Bonchev–Trinajstić information content (AvgIpc) is 2.20. The summed E-state index contributed by atoms with van der Waals surface area (Å²) >= 11 is 0. The van der Waals surface area contributed by atoms with Gasteiger partial charge in [-0.15, -0.1) is 0 Å². The second kappa shape index (κ2) is 5.04. The maximum atomic E-state index is 12.9. The van der Waals surface area contributed by atoms with Gasteiger partial charge in [0.15, 0.2) is 0 Å². The Balaban J connectivity index is 2.78. The van der Waals surface area contributed by atoms with Crippen molar-refractivity contribution in [2.24, 2.45) is 0 Å². The van der Waals surface area contributed by atoms with E-state index in [1.165, 1.54) is 12.1 Å². The molecule has 1 aromatic carbocycles. The number of rotatable bonds is 5. The van der Waals surface area contributed by atoms with Gasteiger partial charge in [0.1, 0.15) is 0 Å². The monoisotopic (exact) mass is 212 g/mol. The third-order valence-corrected chi connectivity index (χ3v) is 1.85. The molecule has 0 saturated heterocycles. The second-order valence-corrected chi connectivity index (χ2v) is 2.86. The van der Waals surface area contributed by atoms with Crippen molar-refractivity contribution in [3.8, 4) is 0 Å². The van der Waals surface area contributed by atoms with E-state index in [0.717, 1.165) is 6.07 Å². The third-order valence-electron chi connectivity index (χ3n) is 1.85. The lowest BCUT2D eigenvalue weighted by Gasteiger charge is -2.01. The Bertz CT molecular complexity index is 382. The Hall–Kier alpha value is -1.98. The van der Waals surface area contributed by atoms with Gasteiger partial charge in [-0.25, -0.2) is 0 Å². The van der Waals surface area contributed by atoms with E-state index in [4.69, 9.17) is 0 Å². The number of benzene rings is 1. The van der Waals surface area contributed by atoms with Crippen LogP contribution in [0.2, 0.25) is 0 Å². The fourth-order valence-electron chi connectivity index (χ4n) is 1.13. The van der Waals surface area contributed by atoms with Gasteiger partial charge in [0, 0.05) is 12.6 Å². The predicted molar refractivity (Wildman–Crippen MR) is 50.8 cm³/mol. The molecule has 0 aliphatic carbocycles. The van der Waals surface area contributed by atoms with E-state index in [9.17, 15) is 19.3 Å². The van der Waals surface area contributed by atoms with E-state index >= 15 is 0 Å². The van der Waals surface area contributed by atoms with Crippen molar-refractivity contribution in [1.82, 2.24) is 5.32 Å². The highest BCUT2D eigenvalue weighted by Crippen LogP contribution is 2.18. The van der Waals surface area contributed by atoms with Crippen LogP contribution in [0.3, 0.4) is 0 Å². The molecule has 1 N–H and O–H groups in total. The lowest BCUT2D eigenvalue weighted by molar-refractivity contribution is -0.387. The van der Waals surface area contributed by atoms with Crippen LogP contribution in [0.4, 0.5) is 10.1 Å². The predicted octanol–water partition coefficient (Wildman–Crippen LogP) is 1.02. The first kappa shape index (κ1) is 11.1. The van der Waals surface area contributed by atoms with Gasteiger partial charge in [-0.1, -0.05) is 6.07 Å². The molecule has 1 rings (SSSR count). The summed E-state index contributed by atoms with van der Waals surface area (Å²) in [4.78, 5) is 19.6. The van der Waals surface area contributed by atoms with Crippen LogP contribution in [-0.4, -0.2) is 17.9 Å². The standard InChI is InChI=1S/C9H9FN2O3/c10-8-2-1-7(3-4-11-6-13)5-9(8)12(14)15/h1-2,5-6H,3-4H2,(H,11,13). The van der Waals surface area contributed by atoms with E-state index in [1.54, 1.807) is 0 Å². The fraction of sp³-hybridized carbons (Fsp3) is 0.222. The van der Waals surface area contributed by atoms with Gasteiger partial charge in [0.25, 0.3) is 0 Å². The summed E-state index contributed by atoms with van der Waals surface area (Å²) in [6, 6.07) is 3.67. The molecular formula is C9H9FN2O3. The summed E-state index contributed by atoms with van der Waals surface area (Å²) in [5, 5.41) is 12.8. The van der Waals surface area contributed by atoms with Crippen LogP contribution in [0.5, 0.6) is 0 Å². The summed E-state index contributed by atoms with van der Waals surface area (Å²) < 4.78 is 12.9. The molecule has 0 fully saturated rings. The average molecular weight is 212 g/mol. The number of hydrogen-bond acceptors (Lipinski definition) is 3. The molecule has 0 aliphatic heterocycles. The normalized spacial score (nSPS) is 9.67. The largest absolute Gasteiger partial charge is 0.358 e. The van der Waals surface area contributed by atoms with Gasteiger partial charge in [-0.3, -0.25) is 14.9 Å². The molecule has 0 spiro atoms. The zero-order chi connectivity index (χ0) is 11.3. The van der Waals surface area contributed by atoms with Gasteiger partial charge in [-0.2, -0.15) is 4.39 Å². The lowest BCUT2D eigenvalue weighted by Crippen LogP contribution is -2.14. The molecule has 6 heteroatoms. The molecule has 0 saturated carbocycles. The Morgan fingerprint density at radius 1 is 1.53 bits per heavy atom. The Labute approximate surface area is 85.1 Å². The molecular weight excluding hydrogens is 203 g/mol. The van der Waals surface area contributed by atoms with Gasteiger partial charge in [-0.05, 0) is 18.1 Å². The molecule has 0 heterocycles. The van der Waals surface area contributed by atoms with Crippen LogP contribution in [0.25, 0.3) is 0 Å². The first-order valence-corrected chi connectivity index (χ1v) is 4.25. The summed E-state index contributed by atoms with van der Waals surface area (Å²) in [6.45, 7) is 0.367. The molecule has 0 atom stereocenters. The minimum atomic E-state index is -0.855. The Morgan fingerprint density at radius 2 is 2.27 bits per heavy atom. The highest BCUT2D eigenvalue weighted by molar-refractivity contribution is 5.46. The fourth-order valence-corrected chi connectivity index (χ4v) is 1.13. The second-order valence-electron chi connectivity index (χ2n) is 2.86. The van der Waals surface area contributed by atoms with Crippen molar-refractivity contribution >= 4 is 12.1 Å². The molecule has 0 unspecified atom stereocenters. The van der Waals surface area contributed by atoms with Crippen LogP contribution in [0.15, 0.2) is 18.2 Å².